The van der Waals surface area contributed by atoms with Crippen molar-refractivity contribution in [1.82, 2.24) is 4.90 Å². The van der Waals surface area contributed by atoms with E-state index in [1.54, 1.807) is 13.2 Å². The lowest BCUT2D eigenvalue weighted by molar-refractivity contribution is 0.170. The number of furan rings is 1. The van der Waals surface area contributed by atoms with Crippen molar-refractivity contribution in [3.05, 3.63) is 35.1 Å². The molecule has 0 amide bonds. The maximum absolute atomic E-state index is 11.1. The predicted molar refractivity (Wildman–Crippen MR) is 122 cm³/mol. The molecule has 0 bridgehead atoms. The second-order valence-corrected chi connectivity index (χ2v) is 8.17. The summed E-state index contributed by atoms with van der Waals surface area (Å²) in [6.07, 6.45) is 2.52. The lowest BCUT2D eigenvalue weighted by atomic mass is 9.86. The van der Waals surface area contributed by atoms with Gasteiger partial charge in [-0.15, -0.1) is 0 Å². The Morgan fingerprint density at radius 1 is 1.15 bits per heavy atom. The van der Waals surface area contributed by atoms with Gasteiger partial charge in [-0.3, -0.25) is 4.90 Å². The molecular weight excluding hydrogens is 444 g/mol. The van der Waals surface area contributed by atoms with E-state index in [4.69, 9.17) is 28.1 Å². The fourth-order valence-electron chi connectivity index (χ4n) is 4.96. The molecule has 0 saturated heterocycles. The van der Waals surface area contributed by atoms with Gasteiger partial charge in [-0.25, -0.2) is 0 Å². The number of aromatic hydroxyl groups is 1. The molecule has 2 aromatic carbocycles. The summed E-state index contributed by atoms with van der Waals surface area (Å²) >= 11 is 0. The topological polar surface area (TPSA) is 115 Å². The highest BCUT2D eigenvalue weighted by Gasteiger charge is 2.36. The predicted octanol–water partition coefficient (Wildman–Crippen LogP) is 3.69. The smallest absolute Gasteiger partial charge is 0.231 e. The van der Waals surface area contributed by atoms with Crippen LogP contribution < -0.4 is 23.7 Å². The van der Waals surface area contributed by atoms with E-state index in [1.807, 2.05) is 13.1 Å². The highest BCUT2D eigenvalue weighted by molar-refractivity contribution is 6.11. The fraction of sp³-hybridized carbons (Fsp3) is 0.375. The van der Waals surface area contributed by atoms with Crippen molar-refractivity contribution in [3.8, 4) is 34.5 Å². The summed E-state index contributed by atoms with van der Waals surface area (Å²) in [5.74, 6) is 2.04. The van der Waals surface area contributed by atoms with Crippen molar-refractivity contribution in [2.24, 2.45) is 5.16 Å². The molecule has 0 fully saturated rings. The van der Waals surface area contributed by atoms with Gasteiger partial charge in [0.15, 0.2) is 22.8 Å². The SMILES string of the molecule is COc1c2c(cc3c1[C@H](C/C(=N\O)c1c(O)c(OC)c4occc4c1OC)N(C)CC3)OCO2. The van der Waals surface area contributed by atoms with Crippen LogP contribution in [0, 0.1) is 0 Å². The first-order valence-electron chi connectivity index (χ1n) is 10.8. The molecule has 0 radical (unpaired) electrons. The number of methoxy groups -OCH3 is 3. The Bertz CT molecular complexity index is 1280. The van der Waals surface area contributed by atoms with Crippen LogP contribution in [0.3, 0.4) is 0 Å². The number of hydrogen-bond donors (Lipinski definition) is 2. The van der Waals surface area contributed by atoms with Crippen molar-refractivity contribution in [2.75, 3.05) is 41.7 Å². The van der Waals surface area contributed by atoms with Crippen LogP contribution in [0.1, 0.15) is 29.2 Å². The average Bonchev–Trinajstić information content (AvgIpc) is 3.51. The van der Waals surface area contributed by atoms with Crippen LogP contribution in [0.4, 0.5) is 0 Å². The van der Waals surface area contributed by atoms with Crippen LogP contribution in [0.2, 0.25) is 0 Å². The molecule has 180 valence electrons. The van der Waals surface area contributed by atoms with Crippen LogP contribution in [0.5, 0.6) is 34.5 Å². The number of rotatable bonds is 6. The van der Waals surface area contributed by atoms with Crippen LogP contribution in [0.25, 0.3) is 11.0 Å². The third kappa shape index (κ3) is 3.17. The quantitative estimate of drug-likeness (QED) is 0.316. The lowest BCUT2D eigenvalue weighted by Crippen LogP contribution is -2.34. The molecule has 10 heteroatoms. The van der Waals surface area contributed by atoms with Gasteiger partial charge in [0.05, 0.1) is 44.3 Å². The summed E-state index contributed by atoms with van der Waals surface area (Å²) in [6.45, 7) is 0.903. The molecule has 34 heavy (non-hydrogen) atoms. The number of phenolic OH excluding ortho intramolecular Hbond substituents is 1. The molecule has 0 aliphatic carbocycles. The molecule has 0 unspecified atom stereocenters. The first kappa shape index (κ1) is 22.0. The first-order valence-corrected chi connectivity index (χ1v) is 10.8. The molecule has 2 aliphatic rings. The Morgan fingerprint density at radius 3 is 2.62 bits per heavy atom. The Balaban J connectivity index is 1.65. The highest BCUT2D eigenvalue weighted by Crippen LogP contribution is 2.51. The van der Waals surface area contributed by atoms with Crippen molar-refractivity contribution in [1.29, 1.82) is 0 Å². The molecule has 3 aromatic rings. The number of hydrogen-bond acceptors (Lipinski definition) is 10. The van der Waals surface area contributed by atoms with E-state index < -0.39 is 0 Å². The Hall–Kier alpha value is -3.79. The monoisotopic (exact) mass is 470 g/mol. The number of ether oxygens (including phenoxy) is 5. The number of nitrogens with zero attached hydrogens (tertiary/aromatic N) is 2. The van der Waals surface area contributed by atoms with Crippen molar-refractivity contribution in [3.63, 3.8) is 0 Å². The third-order valence-electron chi connectivity index (χ3n) is 6.55. The normalized spacial score (nSPS) is 17.6. The molecule has 5 rings (SSSR count). The van der Waals surface area contributed by atoms with E-state index in [1.165, 1.54) is 20.5 Å². The molecular formula is C24H26N2O8. The van der Waals surface area contributed by atoms with Gasteiger partial charge >= 0.3 is 0 Å². The molecule has 2 aliphatic heterocycles. The Morgan fingerprint density at radius 2 is 1.91 bits per heavy atom. The van der Waals surface area contributed by atoms with E-state index >= 15 is 0 Å². The van der Waals surface area contributed by atoms with Crippen molar-refractivity contribution in [2.45, 2.75) is 18.9 Å². The van der Waals surface area contributed by atoms with Gasteiger partial charge in [0.25, 0.3) is 0 Å². The molecule has 2 N–H and O–H groups in total. The zero-order chi connectivity index (χ0) is 24.0. The third-order valence-corrected chi connectivity index (χ3v) is 6.55. The van der Waals surface area contributed by atoms with Gasteiger partial charge in [0.1, 0.15) is 5.75 Å². The fourth-order valence-corrected chi connectivity index (χ4v) is 4.96. The molecule has 0 saturated carbocycles. The summed E-state index contributed by atoms with van der Waals surface area (Å²) in [7, 11) is 6.50. The van der Waals surface area contributed by atoms with Crippen LogP contribution in [-0.4, -0.2) is 62.6 Å². The summed E-state index contributed by atoms with van der Waals surface area (Å²) in [6, 6.07) is 3.45. The minimum Gasteiger partial charge on any atom is -0.504 e. The maximum Gasteiger partial charge on any atom is 0.231 e. The van der Waals surface area contributed by atoms with E-state index in [2.05, 4.69) is 10.1 Å². The van der Waals surface area contributed by atoms with Crippen molar-refractivity contribution >= 4 is 16.7 Å². The van der Waals surface area contributed by atoms with E-state index in [0.717, 1.165) is 24.1 Å². The number of likely N-dealkylation sites (N-methyl/N-ethyl adjacent to an activating group) is 1. The second-order valence-electron chi connectivity index (χ2n) is 8.17. The van der Waals surface area contributed by atoms with Gasteiger partial charge in [-0.05, 0) is 31.2 Å². The second kappa shape index (κ2) is 8.53. The van der Waals surface area contributed by atoms with E-state index in [-0.39, 0.29) is 42.0 Å². The zero-order valence-corrected chi connectivity index (χ0v) is 19.4. The average molecular weight is 470 g/mol. The number of oxime groups is 1. The first-order chi connectivity index (χ1) is 16.5. The molecule has 10 nitrogen and oxygen atoms in total. The van der Waals surface area contributed by atoms with Gasteiger partial charge in [0, 0.05) is 24.6 Å². The van der Waals surface area contributed by atoms with E-state index in [0.29, 0.717) is 34.0 Å². The molecule has 1 atom stereocenters. The molecule has 3 heterocycles. The summed E-state index contributed by atoms with van der Waals surface area (Å²) in [5.41, 5.74) is 2.79. The summed E-state index contributed by atoms with van der Waals surface area (Å²) in [4.78, 5) is 2.15. The standard InChI is InChI=1S/C24H26N2O8/c1-26-7-5-12-9-16-22(34-11-33-16)23(30-3)17(12)15(26)10-14(25-28)18-19(27)24(31-4)21-13(6-8-32-21)20(18)29-2/h6,8-9,15,27-28H,5,7,10-11H2,1-4H3/b25-14+/t15-/m0/s1. The van der Waals surface area contributed by atoms with E-state index in [9.17, 15) is 10.3 Å². The van der Waals surface area contributed by atoms with Gasteiger partial charge < -0.3 is 38.4 Å². The lowest BCUT2D eigenvalue weighted by Gasteiger charge is -2.36. The Kier molecular flexibility index (Phi) is 5.52. The molecule has 0 spiro atoms. The van der Waals surface area contributed by atoms with Crippen LogP contribution >= 0.6 is 0 Å². The minimum atomic E-state index is -0.241. The largest absolute Gasteiger partial charge is 0.504 e. The van der Waals surface area contributed by atoms with Crippen LogP contribution in [0.15, 0.2) is 28.0 Å². The maximum atomic E-state index is 11.1. The minimum absolute atomic E-state index is 0.133. The number of fused-ring (bicyclic) bond motifs is 3. The zero-order valence-electron chi connectivity index (χ0n) is 19.4. The van der Waals surface area contributed by atoms with Crippen LogP contribution in [-0.2, 0) is 6.42 Å². The highest BCUT2D eigenvalue weighted by atomic mass is 16.7. The molecule has 1 aromatic heterocycles. The number of phenols is 1. The van der Waals surface area contributed by atoms with Crippen molar-refractivity contribution < 1.29 is 38.4 Å². The Labute approximate surface area is 195 Å². The van der Waals surface area contributed by atoms with Gasteiger partial charge in [0.2, 0.25) is 18.3 Å². The van der Waals surface area contributed by atoms with Gasteiger partial charge in [-0.1, -0.05) is 5.16 Å². The van der Waals surface area contributed by atoms with Gasteiger partial charge in [-0.2, -0.15) is 0 Å². The summed E-state index contributed by atoms with van der Waals surface area (Å²) in [5, 5.41) is 25.4. The summed E-state index contributed by atoms with van der Waals surface area (Å²) < 4.78 is 33.6. The number of benzene rings is 2.